The van der Waals surface area contributed by atoms with E-state index in [1.54, 1.807) is 13.8 Å². The van der Waals surface area contributed by atoms with E-state index < -0.39 is 11.4 Å². The van der Waals surface area contributed by atoms with E-state index >= 15 is 0 Å². The molecular formula is C13H19NO3. The molecule has 0 atom stereocenters. The molecule has 0 spiro atoms. The first-order valence-electron chi connectivity index (χ1n) is 5.66. The third-order valence-corrected chi connectivity index (χ3v) is 2.46. The van der Waals surface area contributed by atoms with Crippen molar-refractivity contribution in [1.82, 2.24) is 0 Å². The third kappa shape index (κ3) is 3.98. The lowest BCUT2D eigenvalue weighted by molar-refractivity contribution is -0.146. The van der Waals surface area contributed by atoms with Gasteiger partial charge in [-0.15, -0.1) is 0 Å². The zero-order valence-corrected chi connectivity index (χ0v) is 10.5. The normalized spacial score (nSPS) is 11.0. The van der Waals surface area contributed by atoms with E-state index in [9.17, 15) is 4.79 Å². The van der Waals surface area contributed by atoms with Crippen molar-refractivity contribution in [3.8, 4) is 5.75 Å². The van der Waals surface area contributed by atoms with E-state index in [1.807, 2.05) is 31.2 Å². The average molecular weight is 237 g/mol. The quantitative estimate of drug-likeness (QED) is 0.798. The zero-order chi connectivity index (χ0) is 12.9. The van der Waals surface area contributed by atoms with Gasteiger partial charge in [0, 0.05) is 18.3 Å². The van der Waals surface area contributed by atoms with Crippen LogP contribution in [0.25, 0.3) is 0 Å². The van der Waals surface area contributed by atoms with Crippen LogP contribution in [0.2, 0.25) is 0 Å². The molecule has 0 aliphatic rings. The van der Waals surface area contributed by atoms with Gasteiger partial charge in [0.05, 0.1) is 12.0 Å². The maximum atomic E-state index is 10.9. The molecule has 4 heteroatoms. The van der Waals surface area contributed by atoms with Crippen LogP contribution in [0.1, 0.15) is 20.8 Å². The molecule has 0 unspecified atom stereocenters. The van der Waals surface area contributed by atoms with Crippen molar-refractivity contribution >= 4 is 11.7 Å². The number of hydrogen-bond acceptors (Lipinski definition) is 3. The molecule has 1 aromatic rings. The molecule has 0 amide bonds. The van der Waals surface area contributed by atoms with Crippen LogP contribution in [0.4, 0.5) is 5.69 Å². The van der Waals surface area contributed by atoms with Gasteiger partial charge in [0.15, 0.2) is 0 Å². The minimum Gasteiger partial charge on any atom is -0.494 e. The fourth-order valence-electron chi connectivity index (χ4n) is 1.26. The molecule has 0 bridgehead atoms. The highest BCUT2D eigenvalue weighted by Gasteiger charge is 2.26. The molecular weight excluding hydrogens is 218 g/mol. The van der Waals surface area contributed by atoms with Crippen molar-refractivity contribution in [2.75, 3.05) is 18.5 Å². The Kier molecular flexibility index (Phi) is 4.37. The summed E-state index contributed by atoms with van der Waals surface area (Å²) in [5, 5.41) is 12.1. The molecule has 0 saturated heterocycles. The number of anilines is 1. The Hall–Kier alpha value is -1.71. The van der Waals surface area contributed by atoms with Gasteiger partial charge < -0.3 is 15.2 Å². The predicted octanol–water partition coefficient (Wildman–Crippen LogP) is 2.61. The zero-order valence-electron chi connectivity index (χ0n) is 10.5. The Morgan fingerprint density at radius 1 is 1.47 bits per heavy atom. The Labute approximate surface area is 102 Å². The van der Waals surface area contributed by atoms with E-state index in [4.69, 9.17) is 9.84 Å². The molecule has 2 N–H and O–H groups in total. The number of carboxylic acids is 1. The summed E-state index contributed by atoms with van der Waals surface area (Å²) in [7, 11) is 0. The smallest absolute Gasteiger partial charge is 0.310 e. The molecule has 1 aromatic carbocycles. The molecule has 0 aromatic heterocycles. The largest absolute Gasteiger partial charge is 0.494 e. The monoisotopic (exact) mass is 237 g/mol. The fraction of sp³-hybridized carbons (Fsp3) is 0.462. The SMILES string of the molecule is CCOc1cccc(NCC(C)(C)C(=O)O)c1. The van der Waals surface area contributed by atoms with Crippen molar-refractivity contribution in [3.63, 3.8) is 0 Å². The summed E-state index contributed by atoms with van der Waals surface area (Å²) >= 11 is 0. The van der Waals surface area contributed by atoms with Crippen molar-refractivity contribution in [3.05, 3.63) is 24.3 Å². The molecule has 0 radical (unpaired) electrons. The summed E-state index contributed by atoms with van der Waals surface area (Å²) in [5.41, 5.74) is 0.0759. The molecule has 17 heavy (non-hydrogen) atoms. The first-order valence-corrected chi connectivity index (χ1v) is 5.66. The predicted molar refractivity (Wildman–Crippen MR) is 67.5 cm³/mol. The molecule has 4 nitrogen and oxygen atoms in total. The standard InChI is InChI=1S/C13H19NO3/c1-4-17-11-7-5-6-10(8-11)14-9-13(2,3)12(15)16/h5-8,14H,4,9H2,1-3H3,(H,15,16). The highest BCUT2D eigenvalue weighted by Crippen LogP contribution is 2.20. The number of aliphatic carboxylic acids is 1. The Balaban J connectivity index is 2.63. The van der Waals surface area contributed by atoms with Gasteiger partial charge >= 0.3 is 5.97 Å². The molecule has 0 aliphatic carbocycles. The molecule has 0 heterocycles. The Bertz CT molecular complexity index is 388. The van der Waals surface area contributed by atoms with Crippen molar-refractivity contribution in [2.45, 2.75) is 20.8 Å². The summed E-state index contributed by atoms with van der Waals surface area (Å²) in [6.07, 6.45) is 0. The minimum atomic E-state index is -0.814. The summed E-state index contributed by atoms with van der Waals surface area (Å²) in [5.74, 6) is -0.0309. The maximum absolute atomic E-state index is 10.9. The van der Waals surface area contributed by atoms with Gasteiger partial charge in [-0.2, -0.15) is 0 Å². The molecule has 1 rings (SSSR count). The lowest BCUT2D eigenvalue weighted by Gasteiger charge is -2.20. The molecule has 94 valence electrons. The van der Waals surface area contributed by atoms with Crippen LogP contribution < -0.4 is 10.1 Å². The van der Waals surface area contributed by atoms with Gasteiger partial charge in [-0.05, 0) is 32.9 Å². The highest BCUT2D eigenvalue weighted by atomic mass is 16.5. The molecule has 0 fully saturated rings. The summed E-state index contributed by atoms with van der Waals surface area (Å²) < 4.78 is 5.37. The number of hydrogen-bond donors (Lipinski definition) is 2. The Morgan fingerprint density at radius 3 is 2.76 bits per heavy atom. The van der Waals surface area contributed by atoms with Gasteiger partial charge in [-0.3, -0.25) is 4.79 Å². The van der Waals surface area contributed by atoms with Gasteiger partial charge in [0.1, 0.15) is 5.75 Å². The topological polar surface area (TPSA) is 58.6 Å². The van der Waals surface area contributed by atoms with Crippen LogP contribution >= 0.6 is 0 Å². The first kappa shape index (κ1) is 13.4. The summed E-state index contributed by atoms with van der Waals surface area (Å²) in [4.78, 5) is 10.9. The number of nitrogens with one attached hydrogen (secondary N) is 1. The van der Waals surface area contributed by atoms with Crippen molar-refractivity contribution < 1.29 is 14.6 Å². The van der Waals surface area contributed by atoms with E-state index in [0.29, 0.717) is 13.2 Å². The Morgan fingerprint density at radius 2 is 2.18 bits per heavy atom. The van der Waals surface area contributed by atoms with Gasteiger partial charge in [-0.1, -0.05) is 6.07 Å². The lowest BCUT2D eigenvalue weighted by atomic mass is 9.94. The number of carboxylic acid groups (broad SMARTS) is 1. The van der Waals surface area contributed by atoms with Gasteiger partial charge in [0.25, 0.3) is 0 Å². The minimum absolute atomic E-state index is 0.373. The van der Waals surface area contributed by atoms with E-state index in [1.165, 1.54) is 0 Å². The van der Waals surface area contributed by atoms with Crippen LogP contribution in [0.5, 0.6) is 5.75 Å². The second-order valence-electron chi connectivity index (χ2n) is 4.50. The second kappa shape index (κ2) is 5.57. The summed E-state index contributed by atoms with van der Waals surface area (Å²) in [6, 6.07) is 7.50. The van der Waals surface area contributed by atoms with Gasteiger partial charge in [-0.25, -0.2) is 0 Å². The summed E-state index contributed by atoms with van der Waals surface area (Å²) in [6.45, 7) is 6.29. The number of ether oxygens (including phenoxy) is 1. The number of carbonyl (C=O) groups is 1. The van der Waals surface area contributed by atoms with Crippen LogP contribution in [-0.4, -0.2) is 24.2 Å². The van der Waals surface area contributed by atoms with Crippen LogP contribution in [-0.2, 0) is 4.79 Å². The number of rotatable bonds is 6. The van der Waals surface area contributed by atoms with Crippen LogP contribution in [0.3, 0.4) is 0 Å². The maximum Gasteiger partial charge on any atom is 0.310 e. The average Bonchev–Trinajstić information content (AvgIpc) is 2.27. The second-order valence-corrected chi connectivity index (χ2v) is 4.50. The van der Waals surface area contributed by atoms with Crippen LogP contribution in [0, 0.1) is 5.41 Å². The molecule has 0 aliphatic heterocycles. The number of benzene rings is 1. The van der Waals surface area contributed by atoms with Gasteiger partial charge in [0.2, 0.25) is 0 Å². The third-order valence-electron chi connectivity index (χ3n) is 2.46. The van der Waals surface area contributed by atoms with E-state index in [0.717, 1.165) is 11.4 Å². The van der Waals surface area contributed by atoms with Crippen molar-refractivity contribution in [2.24, 2.45) is 5.41 Å². The first-order chi connectivity index (χ1) is 7.95. The van der Waals surface area contributed by atoms with Crippen molar-refractivity contribution in [1.29, 1.82) is 0 Å². The molecule has 0 saturated carbocycles. The van der Waals surface area contributed by atoms with Crippen LogP contribution in [0.15, 0.2) is 24.3 Å². The lowest BCUT2D eigenvalue weighted by Crippen LogP contribution is -2.31. The van der Waals surface area contributed by atoms with E-state index in [-0.39, 0.29) is 0 Å². The highest BCUT2D eigenvalue weighted by molar-refractivity contribution is 5.74. The van der Waals surface area contributed by atoms with E-state index in [2.05, 4.69) is 5.32 Å². The fourth-order valence-corrected chi connectivity index (χ4v) is 1.26.